The monoisotopic (exact) mass is 493 g/mol. The summed E-state index contributed by atoms with van der Waals surface area (Å²) in [4.78, 5) is 0. The van der Waals surface area contributed by atoms with Gasteiger partial charge in [0.15, 0.2) is 11.5 Å². The molecule has 0 amide bonds. The van der Waals surface area contributed by atoms with Gasteiger partial charge >= 0.3 is 11.3 Å². The fourth-order valence-electron chi connectivity index (χ4n) is 3.79. The summed E-state index contributed by atoms with van der Waals surface area (Å²) in [5.74, 6) is -0.928. The molecule has 7 N–H and O–H groups in total. The van der Waals surface area contributed by atoms with Gasteiger partial charge in [-0.3, -0.25) is 0 Å². The summed E-state index contributed by atoms with van der Waals surface area (Å²) < 4.78 is 27.5. The van der Waals surface area contributed by atoms with E-state index in [4.69, 9.17) is 23.4 Å². The van der Waals surface area contributed by atoms with Gasteiger partial charge in [0.1, 0.15) is 41.3 Å². The van der Waals surface area contributed by atoms with E-state index in [-0.39, 0.29) is 56.8 Å². The summed E-state index contributed by atoms with van der Waals surface area (Å²) in [6, 6.07) is 6.50. The number of hydrogen-bond acceptors (Lipinski definition) is 11. The molecule has 0 spiro atoms. The first kappa shape index (κ1) is 24.6. The van der Waals surface area contributed by atoms with Crippen molar-refractivity contribution in [3.05, 3.63) is 30.3 Å². The summed E-state index contributed by atoms with van der Waals surface area (Å²) >= 11 is 0. The highest BCUT2D eigenvalue weighted by Crippen LogP contribution is 2.45. The second-order valence-corrected chi connectivity index (χ2v) is 7.86. The van der Waals surface area contributed by atoms with Crippen LogP contribution in [-0.2, 0) is 4.74 Å². The zero-order chi connectivity index (χ0) is 25.4. The number of fused-ring (bicyclic) bond motifs is 1. The number of hydrogen-bond donors (Lipinski definition) is 7. The molecule has 5 atom stereocenters. The average molecular weight is 493 g/mol. The molecule has 12 nitrogen and oxygen atoms in total. The van der Waals surface area contributed by atoms with Gasteiger partial charge in [0.25, 0.3) is 0 Å². The lowest BCUT2D eigenvalue weighted by atomic mass is 9.99. The number of aliphatic hydroxyl groups excluding tert-OH is 4. The van der Waals surface area contributed by atoms with Crippen molar-refractivity contribution < 1.29 is 59.1 Å². The summed E-state index contributed by atoms with van der Waals surface area (Å²) in [6.07, 6.45) is -7.77. The average Bonchev–Trinajstić information content (AvgIpc) is 2.84. The first-order valence-electron chi connectivity index (χ1n) is 10.4. The van der Waals surface area contributed by atoms with Crippen molar-refractivity contribution in [2.75, 3.05) is 20.8 Å². The molecule has 12 heteroatoms. The van der Waals surface area contributed by atoms with Crippen LogP contribution in [0.25, 0.3) is 22.3 Å². The maximum atomic E-state index is 10.4. The largest absolute Gasteiger partial charge is 0.507 e. The Morgan fingerprint density at radius 1 is 0.857 bits per heavy atom. The van der Waals surface area contributed by atoms with Crippen LogP contribution in [-0.4, -0.2) is 87.3 Å². The Labute approximate surface area is 198 Å². The fourth-order valence-corrected chi connectivity index (χ4v) is 3.79. The van der Waals surface area contributed by atoms with Gasteiger partial charge in [0, 0.05) is 24.3 Å². The molecule has 1 fully saturated rings. The van der Waals surface area contributed by atoms with Gasteiger partial charge in [0.2, 0.25) is 17.8 Å². The molecule has 2 aromatic carbocycles. The molecule has 2 heterocycles. The Balaban J connectivity index is 1.89. The van der Waals surface area contributed by atoms with Crippen LogP contribution in [0.2, 0.25) is 0 Å². The number of rotatable bonds is 6. The highest BCUT2D eigenvalue weighted by molar-refractivity contribution is 5.88. The van der Waals surface area contributed by atoms with Crippen LogP contribution in [0.4, 0.5) is 0 Å². The van der Waals surface area contributed by atoms with E-state index in [2.05, 4.69) is 0 Å². The van der Waals surface area contributed by atoms with Gasteiger partial charge in [0.05, 0.1) is 32.5 Å². The van der Waals surface area contributed by atoms with Crippen LogP contribution in [0.15, 0.2) is 34.7 Å². The highest BCUT2D eigenvalue weighted by Gasteiger charge is 2.45. The van der Waals surface area contributed by atoms with Crippen LogP contribution >= 0.6 is 0 Å². The first-order chi connectivity index (χ1) is 16.7. The predicted octanol–water partition coefficient (Wildman–Crippen LogP) is 0.694. The number of aromatic hydroxyl groups is 3. The molecule has 35 heavy (non-hydrogen) atoms. The summed E-state index contributed by atoms with van der Waals surface area (Å²) in [5, 5.41) is 70.7. The van der Waals surface area contributed by atoms with E-state index in [1.54, 1.807) is 0 Å². The fraction of sp³-hybridized carbons (Fsp3) is 0.348. The van der Waals surface area contributed by atoms with Crippen LogP contribution < -0.4 is 14.2 Å². The van der Waals surface area contributed by atoms with Gasteiger partial charge in [-0.05, 0) is 0 Å². The van der Waals surface area contributed by atoms with Gasteiger partial charge in [-0.15, -0.1) is 0 Å². The predicted molar refractivity (Wildman–Crippen MR) is 119 cm³/mol. The second-order valence-electron chi connectivity index (χ2n) is 7.86. The maximum absolute atomic E-state index is 10.4. The third-order valence-electron chi connectivity index (χ3n) is 5.65. The zero-order valence-electron chi connectivity index (χ0n) is 18.7. The van der Waals surface area contributed by atoms with Crippen LogP contribution in [0.1, 0.15) is 0 Å². The van der Waals surface area contributed by atoms with E-state index in [0.29, 0.717) is 0 Å². The van der Waals surface area contributed by atoms with E-state index in [1.165, 1.54) is 38.5 Å². The number of ether oxygens (including phenoxy) is 4. The SMILES string of the molecule is COc1cc(-c2[o+]c3cc(O)cc(O)c3cc2O[C@@H]2O[C@H](CO)[C@H](O)[C@H](O)[C@H]2O)cc(OC)c1O. The zero-order valence-corrected chi connectivity index (χ0v) is 18.7. The lowest BCUT2D eigenvalue weighted by Gasteiger charge is -2.39. The van der Waals surface area contributed by atoms with Crippen molar-refractivity contribution in [1.29, 1.82) is 0 Å². The molecule has 0 saturated carbocycles. The van der Waals surface area contributed by atoms with E-state index in [0.717, 1.165) is 6.07 Å². The molecule has 1 saturated heterocycles. The van der Waals surface area contributed by atoms with Crippen LogP contribution in [0.3, 0.4) is 0 Å². The highest BCUT2D eigenvalue weighted by atomic mass is 16.7. The van der Waals surface area contributed by atoms with E-state index in [9.17, 15) is 35.7 Å². The third kappa shape index (κ3) is 4.45. The Morgan fingerprint density at radius 3 is 2.11 bits per heavy atom. The number of benzene rings is 2. The van der Waals surface area contributed by atoms with Gasteiger partial charge in [-0.2, -0.15) is 0 Å². The van der Waals surface area contributed by atoms with Gasteiger partial charge < -0.3 is 54.7 Å². The van der Waals surface area contributed by atoms with Crippen molar-refractivity contribution in [2.45, 2.75) is 30.7 Å². The van der Waals surface area contributed by atoms with Crippen molar-refractivity contribution in [3.63, 3.8) is 0 Å². The lowest BCUT2D eigenvalue weighted by molar-refractivity contribution is -0.277. The Hall–Kier alpha value is -3.55. The first-order valence-corrected chi connectivity index (χ1v) is 10.4. The van der Waals surface area contributed by atoms with Crippen LogP contribution in [0.5, 0.6) is 34.5 Å². The minimum atomic E-state index is -1.71. The van der Waals surface area contributed by atoms with E-state index >= 15 is 0 Å². The summed E-state index contributed by atoms with van der Waals surface area (Å²) in [5.41, 5.74) is 0.325. The number of phenolic OH excluding ortho intramolecular Hbond substituents is 3. The van der Waals surface area contributed by atoms with Gasteiger partial charge in [-0.1, -0.05) is 0 Å². The van der Waals surface area contributed by atoms with E-state index < -0.39 is 37.3 Å². The topological polar surface area (TPSA) is 190 Å². The molecular formula is C23H25O12+. The minimum absolute atomic E-state index is 0.0175. The standard InChI is InChI=1S/C23H24O12/c1-31-14-3-9(4-15(32-2)18(14)27)22-16(7-11-12(26)5-10(25)6-13(11)33-22)34-23-21(30)20(29)19(28)17(8-24)35-23/h3-7,17,19-21,23-24,28-30H,8H2,1-2H3,(H2-,25,26,27)/p+1/t17-,19+,20+,21-,23-/m1/s1. The summed E-state index contributed by atoms with van der Waals surface area (Å²) in [6.45, 7) is -0.661. The molecule has 1 aliphatic rings. The molecule has 0 bridgehead atoms. The maximum Gasteiger partial charge on any atom is 0.402 e. The molecular weight excluding hydrogens is 468 g/mol. The molecule has 188 valence electrons. The molecule has 1 aliphatic heterocycles. The Kier molecular flexibility index (Phi) is 6.74. The molecule has 1 aromatic heterocycles. The van der Waals surface area contributed by atoms with Crippen molar-refractivity contribution in [3.8, 4) is 45.8 Å². The van der Waals surface area contributed by atoms with Gasteiger partial charge in [-0.25, -0.2) is 4.42 Å². The number of aliphatic hydroxyl groups is 4. The number of methoxy groups -OCH3 is 2. The van der Waals surface area contributed by atoms with Crippen molar-refractivity contribution >= 4 is 11.0 Å². The second kappa shape index (κ2) is 9.60. The quantitative estimate of drug-likeness (QED) is 0.238. The molecule has 0 radical (unpaired) electrons. The molecule has 3 aromatic rings. The van der Waals surface area contributed by atoms with E-state index in [1.807, 2.05) is 0 Å². The number of phenols is 3. The Bertz CT molecular complexity index is 1200. The minimum Gasteiger partial charge on any atom is -0.507 e. The smallest absolute Gasteiger partial charge is 0.402 e. The molecule has 0 aliphatic carbocycles. The third-order valence-corrected chi connectivity index (χ3v) is 5.65. The molecule has 0 unspecified atom stereocenters. The normalized spacial score (nSPS) is 24.3. The summed E-state index contributed by atoms with van der Waals surface area (Å²) in [7, 11) is 2.66. The van der Waals surface area contributed by atoms with Crippen molar-refractivity contribution in [1.82, 2.24) is 0 Å². The van der Waals surface area contributed by atoms with Crippen molar-refractivity contribution in [2.24, 2.45) is 0 Å². The molecule has 4 rings (SSSR count). The Morgan fingerprint density at radius 2 is 1.51 bits per heavy atom. The lowest BCUT2D eigenvalue weighted by Crippen LogP contribution is -2.60. The van der Waals surface area contributed by atoms with Crippen LogP contribution in [0, 0.1) is 0 Å².